The molecule has 0 spiro atoms. The maximum Gasteiger partial charge on any atom is 0.0589 e. The molecule has 0 aromatic rings. The summed E-state index contributed by atoms with van der Waals surface area (Å²) in [5.41, 5.74) is 5.14. The van der Waals surface area contributed by atoms with Gasteiger partial charge in [-0.25, -0.2) is 0 Å². The van der Waals surface area contributed by atoms with Gasteiger partial charge in [-0.3, -0.25) is 4.90 Å². The lowest BCUT2D eigenvalue weighted by atomic mass is 10.3. The van der Waals surface area contributed by atoms with E-state index < -0.39 is 0 Å². The van der Waals surface area contributed by atoms with Gasteiger partial charge in [0.1, 0.15) is 0 Å². The van der Waals surface area contributed by atoms with Gasteiger partial charge in [-0.05, 0) is 39.5 Å². The first kappa shape index (κ1) is 29.9. The van der Waals surface area contributed by atoms with E-state index >= 15 is 0 Å². The summed E-state index contributed by atoms with van der Waals surface area (Å²) in [4.78, 5) is 4.87. The first-order chi connectivity index (χ1) is 13.7. The van der Waals surface area contributed by atoms with Crippen molar-refractivity contribution in [2.75, 3.05) is 99.3 Å². The monoisotopic (exact) mass is 404 g/mol. The Bertz CT molecular complexity index is 249. The standard InChI is InChI=1S/C7H16N2O.C6H14N2.2C4H11N/c1-10-7-6-9-4-2-8-3-5-9;1-2-8-5-3-7-4-6-8;1-3-4-5-2;1-2-3-4-5/h8H,2-7H2,1H3;7H,2-6H2,1H3;5H,3-4H2,1-2H3;2-5H2,1H3. The van der Waals surface area contributed by atoms with Crippen molar-refractivity contribution in [1.82, 2.24) is 25.8 Å². The van der Waals surface area contributed by atoms with Gasteiger partial charge >= 0.3 is 0 Å². The Kier molecular flexibility index (Phi) is 28.5. The highest BCUT2D eigenvalue weighted by Gasteiger charge is 2.07. The number of likely N-dealkylation sites (N-methyl/N-ethyl adjacent to an activating group) is 1. The molecule has 0 bridgehead atoms. The molecule has 7 nitrogen and oxygen atoms in total. The molecule has 28 heavy (non-hydrogen) atoms. The highest BCUT2D eigenvalue weighted by Crippen LogP contribution is 1.90. The van der Waals surface area contributed by atoms with E-state index in [1.165, 1.54) is 65.1 Å². The number of rotatable bonds is 8. The summed E-state index contributed by atoms with van der Waals surface area (Å²) in [5, 5.41) is 9.63. The quantitative estimate of drug-likeness (QED) is 0.477. The van der Waals surface area contributed by atoms with Gasteiger partial charge < -0.3 is 31.3 Å². The Morgan fingerprint density at radius 1 is 0.893 bits per heavy atom. The van der Waals surface area contributed by atoms with Crippen molar-refractivity contribution in [3.8, 4) is 0 Å². The molecule has 7 heteroatoms. The van der Waals surface area contributed by atoms with Crippen LogP contribution < -0.4 is 21.7 Å². The van der Waals surface area contributed by atoms with Gasteiger partial charge in [0.15, 0.2) is 0 Å². The van der Waals surface area contributed by atoms with Crippen LogP contribution >= 0.6 is 0 Å². The Labute approximate surface area is 176 Å². The number of methoxy groups -OCH3 is 1. The summed E-state index contributed by atoms with van der Waals surface area (Å²) in [6.07, 6.45) is 3.62. The average molecular weight is 405 g/mol. The molecule has 2 fully saturated rings. The third kappa shape index (κ3) is 23.8. The van der Waals surface area contributed by atoms with Crippen LogP contribution in [-0.4, -0.2) is 109 Å². The summed E-state index contributed by atoms with van der Waals surface area (Å²) in [6.45, 7) is 21.0. The second-order valence-corrected chi connectivity index (χ2v) is 7.01. The lowest BCUT2D eigenvalue weighted by Crippen LogP contribution is -2.44. The van der Waals surface area contributed by atoms with Crippen molar-refractivity contribution < 1.29 is 4.74 Å². The van der Waals surface area contributed by atoms with E-state index in [1.54, 1.807) is 7.11 Å². The van der Waals surface area contributed by atoms with Crippen LogP contribution in [0.2, 0.25) is 0 Å². The van der Waals surface area contributed by atoms with Gasteiger partial charge in [-0.2, -0.15) is 0 Å². The number of piperazine rings is 2. The van der Waals surface area contributed by atoms with Crippen molar-refractivity contribution in [2.45, 2.75) is 40.0 Å². The van der Waals surface area contributed by atoms with Gasteiger partial charge in [0.25, 0.3) is 0 Å². The van der Waals surface area contributed by atoms with E-state index in [4.69, 9.17) is 10.5 Å². The fourth-order valence-electron chi connectivity index (χ4n) is 2.64. The first-order valence-electron chi connectivity index (χ1n) is 11.4. The zero-order valence-corrected chi connectivity index (χ0v) is 19.7. The van der Waals surface area contributed by atoms with E-state index in [9.17, 15) is 0 Å². The molecule has 0 aliphatic carbocycles. The summed E-state index contributed by atoms with van der Waals surface area (Å²) in [7, 11) is 3.71. The number of nitrogens with zero attached hydrogens (tertiary/aromatic N) is 2. The van der Waals surface area contributed by atoms with E-state index in [-0.39, 0.29) is 0 Å². The van der Waals surface area contributed by atoms with Crippen LogP contribution in [0.15, 0.2) is 0 Å². The lowest BCUT2D eigenvalue weighted by molar-refractivity contribution is 0.139. The van der Waals surface area contributed by atoms with Crippen LogP contribution in [-0.2, 0) is 4.74 Å². The van der Waals surface area contributed by atoms with E-state index in [2.05, 4.69) is 46.5 Å². The molecule has 0 saturated carbocycles. The van der Waals surface area contributed by atoms with E-state index in [1.807, 2.05) is 7.05 Å². The zero-order chi connectivity index (χ0) is 21.3. The predicted octanol–water partition coefficient (Wildman–Crippen LogP) is 0.811. The van der Waals surface area contributed by atoms with Gasteiger partial charge in [-0.1, -0.05) is 27.2 Å². The molecule has 2 aliphatic rings. The van der Waals surface area contributed by atoms with Crippen molar-refractivity contribution in [3.63, 3.8) is 0 Å². The van der Waals surface area contributed by atoms with E-state index in [0.717, 1.165) is 39.3 Å². The number of hydrogen-bond donors (Lipinski definition) is 4. The van der Waals surface area contributed by atoms with E-state index in [0.29, 0.717) is 0 Å². The topological polar surface area (TPSA) is 77.8 Å². The lowest BCUT2D eigenvalue weighted by Gasteiger charge is -2.26. The molecule has 0 radical (unpaired) electrons. The minimum Gasteiger partial charge on any atom is -0.383 e. The Hall–Kier alpha value is -0.280. The molecule has 5 N–H and O–H groups in total. The number of ether oxygens (including phenoxy) is 1. The molecule has 2 saturated heterocycles. The minimum atomic E-state index is 0.844. The molecular weight excluding hydrogens is 352 g/mol. The van der Waals surface area contributed by atoms with Crippen LogP contribution in [0.4, 0.5) is 0 Å². The average Bonchev–Trinajstić information content (AvgIpc) is 2.76. The SMILES string of the molecule is CCCCN.CCCNC.CCN1CCNCC1.COCCN1CCNCC1. The zero-order valence-electron chi connectivity index (χ0n) is 19.7. The molecule has 2 rings (SSSR count). The molecule has 2 heterocycles. The Morgan fingerprint density at radius 2 is 1.43 bits per heavy atom. The van der Waals surface area contributed by atoms with Gasteiger partial charge in [-0.15, -0.1) is 0 Å². The van der Waals surface area contributed by atoms with Crippen molar-refractivity contribution in [2.24, 2.45) is 5.73 Å². The molecule has 172 valence electrons. The summed E-state index contributed by atoms with van der Waals surface area (Å²) < 4.78 is 4.98. The maximum absolute atomic E-state index is 5.14. The smallest absolute Gasteiger partial charge is 0.0589 e. The number of unbranched alkanes of at least 4 members (excludes halogenated alkanes) is 1. The largest absolute Gasteiger partial charge is 0.383 e. The summed E-state index contributed by atoms with van der Waals surface area (Å²) in [5.74, 6) is 0. The van der Waals surface area contributed by atoms with Crippen molar-refractivity contribution in [1.29, 1.82) is 0 Å². The van der Waals surface area contributed by atoms with Crippen LogP contribution in [0.1, 0.15) is 40.0 Å². The number of nitrogens with two attached hydrogens (primary N) is 1. The van der Waals surface area contributed by atoms with Crippen LogP contribution in [0.25, 0.3) is 0 Å². The number of nitrogens with one attached hydrogen (secondary N) is 3. The third-order valence-corrected chi connectivity index (χ3v) is 4.54. The van der Waals surface area contributed by atoms with Crippen LogP contribution in [0.5, 0.6) is 0 Å². The fraction of sp³-hybridized carbons (Fsp3) is 1.00. The highest BCUT2D eigenvalue weighted by atomic mass is 16.5. The van der Waals surface area contributed by atoms with Crippen molar-refractivity contribution in [3.05, 3.63) is 0 Å². The Balaban J connectivity index is 0. The molecular formula is C21H52N6O. The number of hydrogen-bond acceptors (Lipinski definition) is 7. The first-order valence-corrected chi connectivity index (χ1v) is 11.4. The maximum atomic E-state index is 5.14. The predicted molar refractivity (Wildman–Crippen MR) is 124 cm³/mol. The summed E-state index contributed by atoms with van der Waals surface area (Å²) in [6, 6.07) is 0. The highest BCUT2D eigenvalue weighted by molar-refractivity contribution is 4.66. The molecule has 0 amide bonds. The Morgan fingerprint density at radius 3 is 1.68 bits per heavy atom. The van der Waals surface area contributed by atoms with Gasteiger partial charge in [0.05, 0.1) is 6.61 Å². The van der Waals surface area contributed by atoms with Crippen molar-refractivity contribution >= 4 is 0 Å². The van der Waals surface area contributed by atoms with Crippen LogP contribution in [0.3, 0.4) is 0 Å². The van der Waals surface area contributed by atoms with Gasteiger partial charge in [0, 0.05) is 66.0 Å². The van der Waals surface area contributed by atoms with Crippen LogP contribution in [0, 0.1) is 0 Å². The minimum absolute atomic E-state index is 0.844. The summed E-state index contributed by atoms with van der Waals surface area (Å²) >= 11 is 0. The fourth-order valence-corrected chi connectivity index (χ4v) is 2.64. The molecule has 0 aromatic heterocycles. The molecule has 2 aliphatic heterocycles. The second kappa shape index (κ2) is 26.7. The molecule has 0 atom stereocenters. The normalized spacial score (nSPS) is 17.4. The molecule has 0 aromatic carbocycles. The molecule has 0 unspecified atom stereocenters. The van der Waals surface area contributed by atoms with Gasteiger partial charge in [0.2, 0.25) is 0 Å². The second-order valence-electron chi connectivity index (χ2n) is 7.01. The third-order valence-electron chi connectivity index (χ3n) is 4.54.